The van der Waals surface area contributed by atoms with Gasteiger partial charge in [0.1, 0.15) is 6.61 Å². The highest BCUT2D eigenvalue weighted by Crippen LogP contribution is 2.19. The molecule has 3 heterocycles. The SMILES string of the molecule is Cc1cc(C)n(CCCC(=O)N2CC[C@@H]3NC(=O)CO[C@H]3CC2)n1. The molecule has 0 radical (unpaired) electrons. The summed E-state index contributed by atoms with van der Waals surface area (Å²) in [6, 6.07) is 2.09. The van der Waals surface area contributed by atoms with Gasteiger partial charge in [0.15, 0.2) is 0 Å². The van der Waals surface area contributed by atoms with Crippen molar-refractivity contribution in [2.75, 3.05) is 19.7 Å². The van der Waals surface area contributed by atoms with Crippen LogP contribution in [-0.2, 0) is 20.9 Å². The molecule has 2 aliphatic heterocycles. The maximum atomic E-state index is 12.5. The molecule has 1 aromatic rings. The summed E-state index contributed by atoms with van der Waals surface area (Å²) in [6.07, 6.45) is 2.90. The molecule has 132 valence electrons. The largest absolute Gasteiger partial charge is 0.366 e. The normalized spacial score (nSPS) is 24.2. The Balaban J connectivity index is 1.47. The number of fused-ring (bicyclic) bond motifs is 1. The first-order valence-electron chi connectivity index (χ1n) is 8.73. The van der Waals surface area contributed by atoms with E-state index in [-0.39, 0.29) is 30.6 Å². The summed E-state index contributed by atoms with van der Waals surface area (Å²) in [4.78, 5) is 25.8. The van der Waals surface area contributed by atoms with Crippen molar-refractivity contribution < 1.29 is 14.3 Å². The Labute approximate surface area is 142 Å². The van der Waals surface area contributed by atoms with Gasteiger partial charge in [0, 0.05) is 31.7 Å². The van der Waals surface area contributed by atoms with Crippen molar-refractivity contribution in [1.82, 2.24) is 20.0 Å². The number of ether oxygens (including phenoxy) is 1. The zero-order valence-electron chi connectivity index (χ0n) is 14.5. The number of likely N-dealkylation sites (tertiary alicyclic amines) is 1. The van der Waals surface area contributed by atoms with Crippen LogP contribution in [0.2, 0.25) is 0 Å². The number of aromatic nitrogens is 2. The molecular formula is C17H26N4O3. The van der Waals surface area contributed by atoms with Gasteiger partial charge in [0.2, 0.25) is 11.8 Å². The lowest BCUT2D eigenvalue weighted by molar-refractivity contribution is -0.137. The third-order valence-corrected chi connectivity index (χ3v) is 4.83. The lowest BCUT2D eigenvalue weighted by Crippen LogP contribution is -2.51. The quantitative estimate of drug-likeness (QED) is 0.883. The van der Waals surface area contributed by atoms with Gasteiger partial charge in [-0.25, -0.2) is 0 Å². The van der Waals surface area contributed by atoms with Crippen LogP contribution >= 0.6 is 0 Å². The average molecular weight is 334 g/mol. The summed E-state index contributed by atoms with van der Waals surface area (Å²) in [5, 5.41) is 7.40. The number of morpholine rings is 1. The molecule has 2 amide bonds. The maximum absolute atomic E-state index is 12.5. The Hall–Kier alpha value is -1.89. The molecule has 2 saturated heterocycles. The van der Waals surface area contributed by atoms with E-state index in [1.165, 1.54) is 0 Å². The first-order chi connectivity index (χ1) is 11.5. The van der Waals surface area contributed by atoms with Crippen LogP contribution in [0.3, 0.4) is 0 Å². The average Bonchev–Trinajstić information content (AvgIpc) is 2.74. The van der Waals surface area contributed by atoms with E-state index in [2.05, 4.69) is 10.4 Å². The standard InChI is InChI=1S/C17H26N4O3/c1-12-10-13(2)21(19-12)7-3-4-17(23)20-8-5-14-15(6-9-20)24-11-16(22)18-14/h10,14-15H,3-9,11H2,1-2H3,(H,18,22)/t14-,15-/m0/s1. The first kappa shape index (κ1) is 17.0. The monoisotopic (exact) mass is 334 g/mol. The Bertz CT molecular complexity index is 613. The Kier molecular flexibility index (Phi) is 5.18. The number of rotatable bonds is 4. The molecule has 1 N–H and O–H groups in total. The Morgan fingerprint density at radius 1 is 1.38 bits per heavy atom. The van der Waals surface area contributed by atoms with Gasteiger partial charge in [-0.3, -0.25) is 14.3 Å². The predicted molar refractivity (Wildman–Crippen MR) is 88.4 cm³/mol. The fourth-order valence-electron chi connectivity index (χ4n) is 3.56. The van der Waals surface area contributed by atoms with E-state index in [1.807, 2.05) is 29.5 Å². The van der Waals surface area contributed by atoms with Gasteiger partial charge in [0.05, 0.1) is 17.8 Å². The molecule has 24 heavy (non-hydrogen) atoms. The van der Waals surface area contributed by atoms with Crippen molar-refractivity contribution in [1.29, 1.82) is 0 Å². The first-order valence-corrected chi connectivity index (χ1v) is 8.73. The predicted octanol–water partition coefficient (Wildman–Crippen LogP) is 0.786. The smallest absolute Gasteiger partial charge is 0.246 e. The minimum Gasteiger partial charge on any atom is -0.366 e. The molecule has 7 nitrogen and oxygen atoms in total. The number of carbonyl (C=O) groups is 2. The van der Waals surface area contributed by atoms with Crippen LogP contribution in [0.1, 0.15) is 37.1 Å². The van der Waals surface area contributed by atoms with Gasteiger partial charge in [-0.2, -0.15) is 5.10 Å². The summed E-state index contributed by atoms with van der Waals surface area (Å²) in [5.74, 6) is 0.127. The summed E-state index contributed by atoms with van der Waals surface area (Å²) in [7, 11) is 0. The van der Waals surface area contributed by atoms with E-state index in [0.717, 1.165) is 37.2 Å². The van der Waals surface area contributed by atoms with Crippen LogP contribution in [0, 0.1) is 13.8 Å². The van der Waals surface area contributed by atoms with Crippen molar-refractivity contribution in [2.45, 2.75) is 58.2 Å². The van der Waals surface area contributed by atoms with Crippen LogP contribution < -0.4 is 5.32 Å². The zero-order valence-corrected chi connectivity index (χ0v) is 14.5. The number of nitrogens with one attached hydrogen (secondary N) is 1. The van der Waals surface area contributed by atoms with E-state index in [4.69, 9.17) is 4.74 Å². The zero-order chi connectivity index (χ0) is 17.1. The molecule has 0 aliphatic carbocycles. The van der Waals surface area contributed by atoms with Crippen LogP contribution in [0.5, 0.6) is 0 Å². The van der Waals surface area contributed by atoms with Crippen LogP contribution in [-0.4, -0.2) is 58.3 Å². The van der Waals surface area contributed by atoms with E-state index in [9.17, 15) is 9.59 Å². The lowest BCUT2D eigenvalue weighted by atomic mass is 10.0. The number of hydrogen-bond acceptors (Lipinski definition) is 4. The molecule has 0 unspecified atom stereocenters. The molecule has 0 aromatic carbocycles. The fourth-order valence-corrected chi connectivity index (χ4v) is 3.56. The molecule has 7 heteroatoms. The summed E-state index contributed by atoms with van der Waals surface area (Å²) >= 11 is 0. The van der Waals surface area contributed by atoms with Gasteiger partial charge in [-0.1, -0.05) is 0 Å². The highest BCUT2D eigenvalue weighted by atomic mass is 16.5. The van der Waals surface area contributed by atoms with Gasteiger partial charge in [-0.05, 0) is 39.2 Å². The van der Waals surface area contributed by atoms with Crippen molar-refractivity contribution >= 4 is 11.8 Å². The van der Waals surface area contributed by atoms with E-state index in [0.29, 0.717) is 19.5 Å². The van der Waals surface area contributed by atoms with Crippen molar-refractivity contribution in [3.63, 3.8) is 0 Å². The maximum Gasteiger partial charge on any atom is 0.246 e. The molecule has 3 rings (SSSR count). The van der Waals surface area contributed by atoms with Gasteiger partial charge < -0.3 is 15.0 Å². The highest BCUT2D eigenvalue weighted by molar-refractivity contribution is 5.78. The minimum atomic E-state index is -0.0547. The van der Waals surface area contributed by atoms with Crippen molar-refractivity contribution in [3.8, 4) is 0 Å². The Morgan fingerprint density at radius 2 is 2.17 bits per heavy atom. The summed E-state index contributed by atoms with van der Waals surface area (Å²) in [6.45, 7) is 6.31. The van der Waals surface area contributed by atoms with E-state index < -0.39 is 0 Å². The summed E-state index contributed by atoms with van der Waals surface area (Å²) in [5.41, 5.74) is 2.14. The van der Waals surface area contributed by atoms with Crippen molar-refractivity contribution in [2.24, 2.45) is 0 Å². The minimum absolute atomic E-state index is 0.0372. The third kappa shape index (κ3) is 3.95. The van der Waals surface area contributed by atoms with Crippen LogP contribution in [0.15, 0.2) is 6.07 Å². The second-order valence-corrected chi connectivity index (χ2v) is 6.74. The molecule has 0 bridgehead atoms. The number of carbonyl (C=O) groups excluding carboxylic acids is 2. The molecule has 0 saturated carbocycles. The highest BCUT2D eigenvalue weighted by Gasteiger charge is 2.33. The number of hydrogen-bond donors (Lipinski definition) is 1. The van der Waals surface area contributed by atoms with Gasteiger partial charge >= 0.3 is 0 Å². The third-order valence-electron chi connectivity index (χ3n) is 4.83. The molecule has 0 spiro atoms. The van der Waals surface area contributed by atoms with Crippen LogP contribution in [0.25, 0.3) is 0 Å². The second kappa shape index (κ2) is 7.34. The fraction of sp³-hybridized carbons (Fsp3) is 0.706. The number of nitrogens with zero attached hydrogens (tertiary/aromatic N) is 3. The molecular weight excluding hydrogens is 308 g/mol. The second-order valence-electron chi connectivity index (χ2n) is 6.74. The Morgan fingerprint density at radius 3 is 2.92 bits per heavy atom. The van der Waals surface area contributed by atoms with Gasteiger partial charge in [-0.15, -0.1) is 0 Å². The number of aryl methyl sites for hydroxylation is 3. The molecule has 1 aromatic heterocycles. The van der Waals surface area contributed by atoms with E-state index >= 15 is 0 Å². The van der Waals surface area contributed by atoms with Crippen molar-refractivity contribution in [3.05, 3.63) is 17.5 Å². The van der Waals surface area contributed by atoms with Crippen LogP contribution in [0.4, 0.5) is 0 Å². The van der Waals surface area contributed by atoms with E-state index in [1.54, 1.807) is 0 Å². The molecule has 2 atom stereocenters. The van der Waals surface area contributed by atoms with Gasteiger partial charge in [0.25, 0.3) is 0 Å². The topological polar surface area (TPSA) is 76.5 Å². The lowest BCUT2D eigenvalue weighted by Gasteiger charge is -2.30. The number of amides is 2. The summed E-state index contributed by atoms with van der Waals surface area (Å²) < 4.78 is 7.56. The molecule has 2 fully saturated rings. The molecule has 2 aliphatic rings.